The summed E-state index contributed by atoms with van der Waals surface area (Å²) in [7, 11) is 0. The smallest absolute Gasteiger partial charge is 0.408 e. The first-order chi connectivity index (χ1) is 16.6. The number of aryl methyl sites for hydroxylation is 1. The molecular weight excluding hydrogens is 486 g/mol. The zero-order valence-electron chi connectivity index (χ0n) is 22.2. The van der Waals surface area contributed by atoms with Crippen LogP contribution in [0.25, 0.3) is 0 Å². The lowest BCUT2D eigenvalue weighted by atomic mass is 10.1. The molecule has 36 heavy (non-hydrogen) atoms. The molecule has 0 spiro atoms. The van der Waals surface area contributed by atoms with Gasteiger partial charge >= 0.3 is 12.1 Å². The number of carbonyl (C=O) groups is 3. The largest absolute Gasteiger partial charge is 0.456 e. The van der Waals surface area contributed by atoms with Gasteiger partial charge in [-0.05, 0) is 67.9 Å². The fourth-order valence-electron chi connectivity index (χ4n) is 2.89. The maximum absolute atomic E-state index is 12.9. The van der Waals surface area contributed by atoms with Gasteiger partial charge in [-0.15, -0.1) is 11.3 Å². The molecule has 0 aromatic carbocycles. The lowest BCUT2D eigenvalue weighted by molar-refractivity contribution is -0.123. The van der Waals surface area contributed by atoms with Gasteiger partial charge in [0, 0.05) is 4.88 Å². The van der Waals surface area contributed by atoms with E-state index in [-0.39, 0.29) is 12.3 Å². The Bertz CT molecular complexity index is 1110. The molecule has 2 heterocycles. The van der Waals surface area contributed by atoms with Crippen LogP contribution in [0.4, 0.5) is 9.80 Å². The standard InChI is InChI=1S/C24H35N5O6S/c1-13-14(2)36-20(18(13)21(31)34-23(4,5)6)26-15(3)28-29-19(30)16(12-17-25-10-11-33-17)27-22(32)35-24(7,8)9/h10-11,16H,12H2,1-9H3,(H,26,28)(H,27,32)(H,29,30)/t16-/m0/s1. The van der Waals surface area contributed by atoms with Crippen LogP contribution in [0.5, 0.6) is 0 Å². The quantitative estimate of drug-likeness (QED) is 0.212. The number of oxazole rings is 1. The number of nitrogens with zero attached hydrogens (tertiary/aromatic N) is 2. The maximum Gasteiger partial charge on any atom is 0.408 e. The molecular formula is C24H35N5O6S. The van der Waals surface area contributed by atoms with Crippen LogP contribution >= 0.6 is 11.3 Å². The highest BCUT2D eigenvalue weighted by molar-refractivity contribution is 7.16. The molecule has 11 nitrogen and oxygen atoms in total. The van der Waals surface area contributed by atoms with Crippen molar-refractivity contribution >= 4 is 40.1 Å². The van der Waals surface area contributed by atoms with E-state index in [4.69, 9.17) is 13.9 Å². The third-order valence-electron chi connectivity index (χ3n) is 4.49. The van der Waals surface area contributed by atoms with Crippen molar-refractivity contribution in [2.24, 2.45) is 5.10 Å². The highest BCUT2D eigenvalue weighted by Gasteiger charge is 2.27. The third-order valence-corrected chi connectivity index (χ3v) is 5.61. The number of aromatic nitrogens is 1. The predicted octanol–water partition coefficient (Wildman–Crippen LogP) is 4.31. The molecule has 0 fully saturated rings. The van der Waals surface area contributed by atoms with Crippen LogP contribution in [0.3, 0.4) is 0 Å². The van der Waals surface area contributed by atoms with Crippen molar-refractivity contribution in [2.75, 3.05) is 5.32 Å². The fourth-order valence-corrected chi connectivity index (χ4v) is 3.99. The van der Waals surface area contributed by atoms with Crippen LogP contribution in [-0.4, -0.2) is 46.0 Å². The van der Waals surface area contributed by atoms with Gasteiger partial charge in [0.05, 0.1) is 18.2 Å². The Balaban J connectivity index is 2.15. The maximum atomic E-state index is 12.9. The molecule has 198 valence electrons. The molecule has 0 aliphatic heterocycles. The molecule has 0 unspecified atom stereocenters. The minimum Gasteiger partial charge on any atom is -0.456 e. The Morgan fingerprint density at radius 3 is 2.31 bits per heavy atom. The monoisotopic (exact) mass is 521 g/mol. The second-order valence-corrected chi connectivity index (χ2v) is 11.3. The van der Waals surface area contributed by atoms with E-state index in [1.165, 1.54) is 23.8 Å². The molecule has 12 heteroatoms. The van der Waals surface area contributed by atoms with Crippen LogP contribution in [0, 0.1) is 13.8 Å². The summed E-state index contributed by atoms with van der Waals surface area (Å²) in [4.78, 5) is 42.8. The molecule has 2 rings (SSSR count). The van der Waals surface area contributed by atoms with Gasteiger partial charge in [-0.3, -0.25) is 4.79 Å². The number of nitrogens with one attached hydrogen (secondary N) is 3. The van der Waals surface area contributed by atoms with Crippen molar-refractivity contribution in [1.82, 2.24) is 15.7 Å². The lowest BCUT2D eigenvalue weighted by Crippen LogP contribution is -2.48. The number of thiophene rings is 1. The summed E-state index contributed by atoms with van der Waals surface area (Å²) < 4.78 is 16.0. The number of rotatable bonds is 7. The normalized spacial score (nSPS) is 13.1. The zero-order valence-corrected chi connectivity index (χ0v) is 23.0. The summed E-state index contributed by atoms with van der Waals surface area (Å²) in [5, 5.41) is 10.2. The van der Waals surface area contributed by atoms with Crippen molar-refractivity contribution in [1.29, 1.82) is 0 Å². The molecule has 0 radical (unpaired) electrons. The van der Waals surface area contributed by atoms with E-state index in [0.717, 1.165) is 10.4 Å². The van der Waals surface area contributed by atoms with E-state index in [1.54, 1.807) is 48.5 Å². The Kier molecular flexibility index (Phi) is 9.25. The summed E-state index contributed by atoms with van der Waals surface area (Å²) in [5.74, 6) is -0.472. The van der Waals surface area contributed by atoms with Crippen LogP contribution in [-0.2, 0) is 20.7 Å². The number of anilines is 1. The Labute approximate surface area is 215 Å². The SMILES string of the molecule is C/C(=N\NC(=O)[C@H](Cc1ncco1)NC(=O)OC(C)(C)C)Nc1sc(C)c(C)c1C(=O)OC(C)(C)C. The van der Waals surface area contributed by atoms with Gasteiger partial charge < -0.3 is 24.5 Å². The second-order valence-electron chi connectivity index (χ2n) is 10.1. The van der Waals surface area contributed by atoms with E-state index >= 15 is 0 Å². The Hall–Kier alpha value is -3.41. The third kappa shape index (κ3) is 8.99. The number of hydrogen-bond acceptors (Lipinski definition) is 9. The van der Waals surface area contributed by atoms with Gasteiger partial charge in [0.15, 0.2) is 5.89 Å². The van der Waals surface area contributed by atoms with Gasteiger partial charge in [-0.2, -0.15) is 5.10 Å². The predicted molar refractivity (Wildman–Crippen MR) is 137 cm³/mol. The van der Waals surface area contributed by atoms with Crippen molar-refractivity contribution in [3.8, 4) is 0 Å². The van der Waals surface area contributed by atoms with Crippen molar-refractivity contribution in [3.63, 3.8) is 0 Å². The summed E-state index contributed by atoms with van der Waals surface area (Å²) >= 11 is 1.38. The van der Waals surface area contributed by atoms with Crippen LogP contribution in [0.2, 0.25) is 0 Å². The average Bonchev–Trinajstić information content (AvgIpc) is 3.30. The van der Waals surface area contributed by atoms with E-state index in [2.05, 4.69) is 26.1 Å². The number of amidine groups is 1. The molecule has 2 aromatic rings. The summed E-state index contributed by atoms with van der Waals surface area (Å²) in [5.41, 5.74) is 2.27. The van der Waals surface area contributed by atoms with Crippen LogP contribution < -0.4 is 16.1 Å². The second kappa shape index (κ2) is 11.5. The molecule has 3 N–H and O–H groups in total. The van der Waals surface area contributed by atoms with Crippen LogP contribution in [0.15, 0.2) is 22.0 Å². The summed E-state index contributed by atoms with van der Waals surface area (Å²) in [6, 6.07) is -1.06. The topological polar surface area (TPSA) is 144 Å². The van der Waals surface area contributed by atoms with Crippen molar-refractivity contribution in [2.45, 2.75) is 86.0 Å². The van der Waals surface area contributed by atoms with E-state index in [9.17, 15) is 14.4 Å². The molecule has 2 aromatic heterocycles. The highest BCUT2D eigenvalue weighted by Crippen LogP contribution is 2.33. The number of alkyl carbamates (subject to hydrolysis) is 1. The zero-order chi connectivity index (χ0) is 27.3. The first-order valence-electron chi connectivity index (χ1n) is 11.4. The van der Waals surface area contributed by atoms with Gasteiger partial charge in [0.25, 0.3) is 5.91 Å². The van der Waals surface area contributed by atoms with Crippen LogP contribution in [0.1, 0.15) is 75.2 Å². The summed E-state index contributed by atoms with van der Waals surface area (Å²) in [6.45, 7) is 15.9. The number of hydrogen-bond donors (Lipinski definition) is 3. The molecule has 0 saturated heterocycles. The minimum absolute atomic E-state index is 0.00776. The lowest BCUT2D eigenvalue weighted by Gasteiger charge is -2.22. The van der Waals surface area contributed by atoms with Crippen molar-refractivity contribution < 1.29 is 28.3 Å². The van der Waals surface area contributed by atoms with Gasteiger partial charge in [-0.25, -0.2) is 20.0 Å². The van der Waals surface area contributed by atoms with Gasteiger partial charge in [-0.1, -0.05) is 0 Å². The summed E-state index contributed by atoms with van der Waals surface area (Å²) in [6.07, 6.45) is 2.04. The first kappa shape index (κ1) is 28.8. The van der Waals surface area contributed by atoms with Crippen molar-refractivity contribution in [3.05, 3.63) is 34.4 Å². The van der Waals surface area contributed by atoms with Gasteiger partial charge in [0.1, 0.15) is 34.3 Å². The number of esters is 1. The molecule has 0 bridgehead atoms. The number of hydrazone groups is 1. The molecule has 0 aliphatic rings. The highest BCUT2D eigenvalue weighted by atomic mass is 32.1. The van der Waals surface area contributed by atoms with Gasteiger partial charge in [0.2, 0.25) is 0 Å². The van der Waals surface area contributed by atoms with E-state index < -0.39 is 35.2 Å². The number of carbonyl (C=O) groups excluding carboxylic acids is 3. The molecule has 0 saturated carbocycles. The Morgan fingerprint density at radius 2 is 1.75 bits per heavy atom. The van der Waals surface area contributed by atoms with E-state index in [0.29, 0.717) is 16.4 Å². The fraction of sp³-hybridized carbons (Fsp3) is 0.542. The van der Waals surface area contributed by atoms with E-state index in [1.807, 2.05) is 13.8 Å². The number of ether oxygens (including phenoxy) is 2. The minimum atomic E-state index is -1.06. The molecule has 2 amide bonds. The molecule has 0 aliphatic carbocycles. The Morgan fingerprint density at radius 1 is 1.11 bits per heavy atom. The average molecular weight is 522 g/mol. The first-order valence-corrected chi connectivity index (χ1v) is 12.2. The molecule has 1 atom stereocenters. The number of amides is 2.